The minimum absolute atomic E-state index is 0.130. The highest BCUT2D eigenvalue weighted by atomic mass is 32.2. The fraction of sp³-hybridized carbons (Fsp3) is 0.188. The first-order chi connectivity index (χ1) is 11.1. The molecular formula is C16H14FN3OS2. The number of nitrogens with one attached hydrogen (secondary N) is 1. The van der Waals surface area contributed by atoms with Gasteiger partial charge in [-0.2, -0.15) is 0 Å². The molecule has 1 amide bonds. The Labute approximate surface area is 141 Å². The molecule has 3 rings (SSSR count). The van der Waals surface area contributed by atoms with Crippen molar-refractivity contribution in [3.8, 4) is 0 Å². The lowest BCUT2D eigenvalue weighted by Gasteiger charge is -2.04. The van der Waals surface area contributed by atoms with Crippen molar-refractivity contribution in [1.29, 1.82) is 0 Å². The van der Waals surface area contributed by atoms with E-state index in [1.807, 2.05) is 6.07 Å². The predicted octanol–water partition coefficient (Wildman–Crippen LogP) is 4.22. The van der Waals surface area contributed by atoms with E-state index in [1.54, 1.807) is 36.3 Å². The van der Waals surface area contributed by atoms with Crippen molar-refractivity contribution in [2.24, 2.45) is 4.99 Å². The molecule has 0 unspecified atom stereocenters. The Morgan fingerprint density at radius 3 is 3.04 bits per heavy atom. The number of hydrogen-bond donors (Lipinski definition) is 1. The van der Waals surface area contributed by atoms with E-state index in [4.69, 9.17) is 0 Å². The molecule has 0 bridgehead atoms. The summed E-state index contributed by atoms with van der Waals surface area (Å²) in [5.74, 6) is 0.371. The van der Waals surface area contributed by atoms with Crippen LogP contribution in [0.4, 0.5) is 9.52 Å². The first kappa shape index (κ1) is 15.9. The van der Waals surface area contributed by atoms with Crippen LogP contribution in [0.25, 0.3) is 5.57 Å². The molecule has 0 saturated heterocycles. The molecule has 2 aromatic rings. The molecule has 1 aromatic heterocycles. The Hall–Kier alpha value is -1.99. The molecule has 2 heterocycles. The van der Waals surface area contributed by atoms with E-state index in [0.29, 0.717) is 17.1 Å². The molecule has 1 N–H and O–H groups in total. The van der Waals surface area contributed by atoms with Gasteiger partial charge in [0, 0.05) is 36.6 Å². The van der Waals surface area contributed by atoms with E-state index in [2.05, 4.69) is 15.3 Å². The minimum Gasteiger partial charge on any atom is -0.302 e. The van der Waals surface area contributed by atoms with Gasteiger partial charge < -0.3 is 5.32 Å². The van der Waals surface area contributed by atoms with Crippen molar-refractivity contribution < 1.29 is 9.18 Å². The number of hydrogen-bond acceptors (Lipinski definition) is 5. The Balaban J connectivity index is 1.54. The lowest BCUT2D eigenvalue weighted by Crippen LogP contribution is -2.04. The van der Waals surface area contributed by atoms with E-state index in [9.17, 15) is 9.18 Å². The monoisotopic (exact) mass is 347 g/mol. The summed E-state index contributed by atoms with van der Waals surface area (Å²) < 4.78 is 14.8. The highest BCUT2D eigenvalue weighted by molar-refractivity contribution is 8.01. The van der Waals surface area contributed by atoms with Gasteiger partial charge in [0.25, 0.3) is 0 Å². The lowest BCUT2D eigenvalue weighted by atomic mass is 10.0. The zero-order valence-corrected chi connectivity index (χ0v) is 14.0. The molecule has 7 heteroatoms. The summed E-state index contributed by atoms with van der Waals surface area (Å²) in [6.07, 6.45) is 4.14. The molecule has 0 fully saturated rings. The van der Waals surface area contributed by atoms with Crippen LogP contribution in [0.5, 0.6) is 0 Å². The highest BCUT2D eigenvalue weighted by Gasteiger charge is 2.15. The number of allylic oxidation sites excluding steroid dienone is 1. The van der Waals surface area contributed by atoms with Crippen molar-refractivity contribution in [2.45, 2.75) is 17.6 Å². The molecule has 0 saturated carbocycles. The van der Waals surface area contributed by atoms with E-state index in [-0.39, 0.29) is 11.7 Å². The average Bonchev–Trinajstić information content (AvgIpc) is 3.14. The number of anilines is 1. The number of carbonyl (C=O) groups excluding carboxylic acids is 1. The van der Waals surface area contributed by atoms with Crippen LogP contribution >= 0.6 is 23.1 Å². The first-order valence-electron chi connectivity index (χ1n) is 6.97. The molecule has 0 spiro atoms. The van der Waals surface area contributed by atoms with Crippen molar-refractivity contribution in [2.75, 3.05) is 11.1 Å². The minimum atomic E-state index is -0.217. The second-order valence-corrected chi connectivity index (χ2v) is 7.27. The molecule has 1 aromatic carbocycles. The van der Waals surface area contributed by atoms with Gasteiger partial charge in [0.15, 0.2) is 5.13 Å². The highest BCUT2D eigenvalue weighted by Crippen LogP contribution is 2.31. The number of amides is 1. The van der Waals surface area contributed by atoms with E-state index in [1.165, 1.54) is 24.3 Å². The summed E-state index contributed by atoms with van der Waals surface area (Å²) in [5.41, 5.74) is 2.52. The Bertz CT molecular complexity index is 798. The van der Waals surface area contributed by atoms with Crippen LogP contribution in [0.15, 0.2) is 45.9 Å². The largest absolute Gasteiger partial charge is 0.302 e. The lowest BCUT2D eigenvalue weighted by molar-refractivity contribution is -0.114. The summed E-state index contributed by atoms with van der Waals surface area (Å²) in [6, 6.07) is 6.74. The standard InChI is InChI=1S/C16H14FN3OS2/c1-10(21)20-16-19-8-15(23-16)22-9-12-6-11(7-18-12)13-4-2-3-5-14(13)17/h2-5,7-8H,6,9H2,1H3,(H,19,20,21). The van der Waals surface area contributed by atoms with Crippen LogP contribution in [-0.2, 0) is 4.79 Å². The summed E-state index contributed by atoms with van der Waals surface area (Å²) in [6.45, 7) is 1.46. The number of thiazole rings is 1. The first-order valence-corrected chi connectivity index (χ1v) is 8.78. The average molecular weight is 347 g/mol. The number of thioether (sulfide) groups is 1. The molecule has 1 aliphatic rings. The van der Waals surface area contributed by atoms with Crippen LogP contribution in [0.3, 0.4) is 0 Å². The van der Waals surface area contributed by atoms with Crippen molar-refractivity contribution in [1.82, 2.24) is 4.98 Å². The number of carbonyl (C=O) groups is 1. The smallest absolute Gasteiger partial charge is 0.223 e. The second kappa shape index (κ2) is 7.06. The number of rotatable bonds is 5. The summed E-state index contributed by atoms with van der Waals surface area (Å²) in [4.78, 5) is 19.5. The predicted molar refractivity (Wildman–Crippen MR) is 93.6 cm³/mol. The van der Waals surface area contributed by atoms with Crippen LogP contribution < -0.4 is 5.32 Å². The van der Waals surface area contributed by atoms with Gasteiger partial charge >= 0.3 is 0 Å². The zero-order valence-electron chi connectivity index (χ0n) is 12.4. The quantitative estimate of drug-likeness (QED) is 0.824. The maximum atomic E-state index is 13.8. The zero-order chi connectivity index (χ0) is 16.2. The molecule has 1 aliphatic heterocycles. The molecule has 4 nitrogen and oxygen atoms in total. The van der Waals surface area contributed by atoms with Gasteiger partial charge in [0.05, 0.1) is 10.4 Å². The van der Waals surface area contributed by atoms with E-state index >= 15 is 0 Å². The molecule has 0 aliphatic carbocycles. The fourth-order valence-corrected chi connectivity index (χ4v) is 4.00. The number of benzene rings is 1. The number of aromatic nitrogens is 1. The third kappa shape index (κ3) is 4.05. The van der Waals surface area contributed by atoms with Gasteiger partial charge in [0.1, 0.15) is 5.82 Å². The summed E-state index contributed by atoms with van der Waals surface area (Å²) in [5, 5.41) is 3.26. The van der Waals surface area contributed by atoms with Gasteiger partial charge in [-0.3, -0.25) is 9.79 Å². The normalized spacial score (nSPS) is 13.7. The van der Waals surface area contributed by atoms with Crippen LogP contribution in [-0.4, -0.2) is 22.4 Å². The van der Waals surface area contributed by atoms with Crippen LogP contribution in [0, 0.1) is 5.82 Å². The third-order valence-corrected chi connectivity index (χ3v) is 5.34. The number of halogens is 1. The molecular weight excluding hydrogens is 333 g/mol. The van der Waals surface area contributed by atoms with Crippen molar-refractivity contribution in [3.05, 3.63) is 48.0 Å². The second-order valence-electron chi connectivity index (χ2n) is 4.96. The third-order valence-electron chi connectivity index (χ3n) is 3.17. The van der Waals surface area contributed by atoms with Crippen LogP contribution in [0.1, 0.15) is 18.9 Å². The van der Waals surface area contributed by atoms with E-state index in [0.717, 1.165) is 21.2 Å². The SMILES string of the molecule is CC(=O)Nc1ncc(SCC2=NC=C(c3ccccc3F)C2)s1. The molecule has 23 heavy (non-hydrogen) atoms. The molecule has 118 valence electrons. The Morgan fingerprint density at radius 2 is 2.26 bits per heavy atom. The summed E-state index contributed by atoms with van der Waals surface area (Å²) >= 11 is 3.05. The molecule has 0 atom stereocenters. The Morgan fingerprint density at radius 1 is 1.43 bits per heavy atom. The number of nitrogens with zero attached hydrogens (tertiary/aromatic N) is 2. The maximum Gasteiger partial charge on any atom is 0.223 e. The van der Waals surface area contributed by atoms with Crippen LogP contribution in [0.2, 0.25) is 0 Å². The van der Waals surface area contributed by atoms with Gasteiger partial charge in [-0.15, -0.1) is 11.8 Å². The summed E-state index contributed by atoms with van der Waals surface area (Å²) in [7, 11) is 0. The van der Waals surface area contributed by atoms with Crippen molar-refractivity contribution >= 4 is 45.4 Å². The fourth-order valence-electron chi connectivity index (χ4n) is 2.14. The topological polar surface area (TPSA) is 54.4 Å². The maximum absolute atomic E-state index is 13.8. The van der Waals surface area contributed by atoms with Gasteiger partial charge in [0.2, 0.25) is 5.91 Å². The van der Waals surface area contributed by atoms with E-state index < -0.39 is 0 Å². The Kier molecular flexibility index (Phi) is 4.88. The van der Waals surface area contributed by atoms with Crippen molar-refractivity contribution in [3.63, 3.8) is 0 Å². The van der Waals surface area contributed by atoms with Gasteiger partial charge in [-0.05, 0) is 11.6 Å². The molecule has 0 radical (unpaired) electrons. The number of aliphatic imine (C=N–C) groups is 1. The van der Waals surface area contributed by atoms with Gasteiger partial charge in [-0.1, -0.05) is 29.5 Å². The van der Waals surface area contributed by atoms with Gasteiger partial charge in [-0.25, -0.2) is 9.37 Å².